The number of amides is 1. The molecule has 0 saturated carbocycles. The number of benzene rings is 4. The van der Waals surface area contributed by atoms with Crippen molar-refractivity contribution >= 4 is 44.4 Å². The van der Waals surface area contributed by atoms with Crippen LogP contribution in [0.3, 0.4) is 0 Å². The lowest BCUT2D eigenvalue weighted by molar-refractivity contribution is -0.112. The van der Waals surface area contributed by atoms with E-state index in [1.54, 1.807) is 0 Å². The number of halogens is 2. The van der Waals surface area contributed by atoms with Gasteiger partial charge in [-0.25, -0.2) is 4.39 Å². The summed E-state index contributed by atoms with van der Waals surface area (Å²) in [4.78, 5) is 12.8. The molecule has 162 valence electrons. The van der Waals surface area contributed by atoms with E-state index >= 15 is 0 Å². The van der Waals surface area contributed by atoms with Gasteiger partial charge in [-0.15, -0.1) is 0 Å². The third kappa shape index (κ3) is 5.28. The van der Waals surface area contributed by atoms with E-state index in [0.29, 0.717) is 23.6 Å². The summed E-state index contributed by atoms with van der Waals surface area (Å²) in [7, 11) is 0. The minimum absolute atomic E-state index is 0.0959. The number of rotatable bonds is 6. The molecule has 0 bridgehead atoms. The van der Waals surface area contributed by atoms with Crippen molar-refractivity contribution in [3.05, 3.63) is 112 Å². The Morgan fingerprint density at radius 3 is 2.48 bits per heavy atom. The first-order chi connectivity index (χ1) is 16.0. The van der Waals surface area contributed by atoms with Crippen LogP contribution in [0, 0.1) is 17.1 Å². The lowest BCUT2D eigenvalue weighted by Crippen LogP contribution is -2.13. The summed E-state index contributed by atoms with van der Waals surface area (Å²) in [6.07, 6.45) is 1.52. The number of hydrogen-bond donors (Lipinski definition) is 1. The standard InChI is InChI=1S/C27H18BrFN2O2/c28-25-8-4-2-6-19(25)17-33-26-14-9-18-5-1-3-7-23(18)24(26)15-20(16-30)27(32)31-22-12-10-21(29)11-13-22/h1-15H,17H2,(H,31,32)/b20-15+. The SMILES string of the molecule is N#C/C(=C\c1c(OCc2ccccc2Br)ccc2ccccc12)C(=O)Nc1ccc(F)cc1. The van der Waals surface area contributed by atoms with Crippen molar-refractivity contribution in [2.45, 2.75) is 6.61 Å². The number of hydrogen-bond acceptors (Lipinski definition) is 3. The highest BCUT2D eigenvalue weighted by atomic mass is 79.9. The molecule has 0 unspecified atom stereocenters. The van der Waals surface area contributed by atoms with Crippen molar-refractivity contribution < 1.29 is 13.9 Å². The van der Waals surface area contributed by atoms with Crippen LogP contribution < -0.4 is 10.1 Å². The van der Waals surface area contributed by atoms with Crippen LogP contribution in [0.5, 0.6) is 5.75 Å². The van der Waals surface area contributed by atoms with Gasteiger partial charge in [0.25, 0.3) is 5.91 Å². The Morgan fingerprint density at radius 2 is 1.73 bits per heavy atom. The molecule has 1 N–H and O–H groups in total. The third-order valence-electron chi connectivity index (χ3n) is 5.03. The average molecular weight is 501 g/mol. The molecule has 0 aliphatic heterocycles. The number of nitriles is 1. The molecule has 4 rings (SSSR count). The molecule has 4 aromatic carbocycles. The van der Waals surface area contributed by atoms with Crippen LogP contribution in [0.1, 0.15) is 11.1 Å². The summed E-state index contributed by atoms with van der Waals surface area (Å²) >= 11 is 3.52. The average Bonchev–Trinajstić information content (AvgIpc) is 2.83. The smallest absolute Gasteiger partial charge is 0.266 e. The number of nitrogens with zero attached hydrogens (tertiary/aromatic N) is 1. The van der Waals surface area contributed by atoms with Crippen molar-refractivity contribution in [3.63, 3.8) is 0 Å². The molecule has 0 aliphatic carbocycles. The molecular weight excluding hydrogens is 483 g/mol. The van der Waals surface area contributed by atoms with Gasteiger partial charge in [-0.05, 0) is 53.2 Å². The maximum atomic E-state index is 13.2. The van der Waals surface area contributed by atoms with Crippen LogP contribution in [0.4, 0.5) is 10.1 Å². The van der Waals surface area contributed by atoms with E-state index in [1.165, 1.54) is 30.3 Å². The lowest BCUT2D eigenvalue weighted by atomic mass is 10.0. The molecule has 33 heavy (non-hydrogen) atoms. The summed E-state index contributed by atoms with van der Waals surface area (Å²) in [6.45, 7) is 0.310. The van der Waals surface area contributed by atoms with Gasteiger partial charge >= 0.3 is 0 Å². The highest BCUT2D eigenvalue weighted by Crippen LogP contribution is 2.31. The Kier molecular flexibility index (Phi) is 6.82. The summed E-state index contributed by atoms with van der Waals surface area (Å²) in [5, 5.41) is 14.1. The second-order valence-corrected chi connectivity index (χ2v) is 8.06. The summed E-state index contributed by atoms with van der Waals surface area (Å²) in [5.41, 5.74) is 1.90. The first-order valence-corrected chi connectivity index (χ1v) is 10.9. The fourth-order valence-corrected chi connectivity index (χ4v) is 3.75. The Balaban J connectivity index is 1.70. The molecule has 0 saturated heterocycles. The predicted octanol–water partition coefficient (Wildman–Crippen LogP) is 6.87. The second kappa shape index (κ2) is 10.1. The number of fused-ring (bicyclic) bond motifs is 1. The topological polar surface area (TPSA) is 62.1 Å². The first-order valence-electron chi connectivity index (χ1n) is 10.1. The quantitative estimate of drug-likeness (QED) is 0.232. The van der Waals surface area contributed by atoms with Gasteiger partial charge < -0.3 is 10.1 Å². The van der Waals surface area contributed by atoms with Crippen molar-refractivity contribution in [2.24, 2.45) is 0 Å². The minimum Gasteiger partial charge on any atom is -0.488 e. The normalized spacial score (nSPS) is 11.1. The van der Waals surface area contributed by atoms with Gasteiger partial charge in [0.2, 0.25) is 0 Å². The molecule has 0 heterocycles. The molecule has 4 nitrogen and oxygen atoms in total. The molecule has 0 atom stereocenters. The molecule has 0 aromatic heterocycles. The van der Waals surface area contributed by atoms with Crippen molar-refractivity contribution in [3.8, 4) is 11.8 Å². The maximum absolute atomic E-state index is 13.2. The summed E-state index contributed by atoms with van der Waals surface area (Å²) in [6, 6.07) is 26.5. The van der Waals surface area contributed by atoms with E-state index in [2.05, 4.69) is 21.2 Å². The van der Waals surface area contributed by atoms with E-state index < -0.39 is 11.7 Å². The van der Waals surface area contributed by atoms with Crippen molar-refractivity contribution in [1.29, 1.82) is 5.26 Å². The Bertz CT molecular complexity index is 1390. The molecule has 6 heteroatoms. The number of anilines is 1. The van der Waals surface area contributed by atoms with Crippen LogP contribution in [-0.4, -0.2) is 5.91 Å². The van der Waals surface area contributed by atoms with Crippen LogP contribution in [-0.2, 0) is 11.4 Å². The predicted molar refractivity (Wildman–Crippen MR) is 131 cm³/mol. The Morgan fingerprint density at radius 1 is 1.00 bits per heavy atom. The van der Waals surface area contributed by atoms with Crippen molar-refractivity contribution in [2.75, 3.05) is 5.32 Å². The Hall–Kier alpha value is -3.95. The molecule has 0 spiro atoms. The zero-order valence-electron chi connectivity index (χ0n) is 17.4. The van der Waals surface area contributed by atoms with Crippen LogP contribution >= 0.6 is 15.9 Å². The minimum atomic E-state index is -0.589. The molecular formula is C27H18BrFN2O2. The van der Waals surface area contributed by atoms with Crippen molar-refractivity contribution in [1.82, 2.24) is 0 Å². The van der Waals surface area contributed by atoms with Gasteiger partial charge in [-0.1, -0.05) is 64.5 Å². The third-order valence-corrected chi connectivity index (χ3v) is 5.80. The van der Waals surface area contributed by atoms with E-state index in [1.807, 2.05) is 66.7 Å². The molecule has 0 aliphatic rings. The van der Waals surface area contributed by atoms with Gasteiger partial charge in [-0.3, -0.25) is 4.79 Å². The zero-order valence-corrected chi connectivity index (χ0v) is 19.0. The first kappa shape index (κ1) is 22.3. The summed E-state index contributed by atoms with van der Waals surface area (Å²) in [5.74, 6) is -0.452. The number of ether oxygens (including phenoxy) is 1. The second-order valence-electron chi connectivity index (χ2n) is 7.21. The van der Waals surface area contributed by atoms with Gasteiger partial charge in [0.05, 0.1) is 0 Å². The summed E-state index contributed by atoms with van der Waals surface area (Å²) < 4.78 is 20.2. The van der Waals surface area contributed by atoms with Gasteiger partial charge in [0, 0.05) is 21.3 Å². The maximum Gasteiger partial charge on any atom is 0.266 e. The largest absolute Gasteiger partial charge is 0.488 e. The Labute approximate surface area is 199 Å². The van der Waals surface area contributed by atoms with E-state index in [-0.39, 0.29) is 5.57 Å². The van der Waals surface area contributed by atoms with Crippen LogP contribution in [0.2, 0.25) is 0 Å². The molecule has 1 amide bonds. The fraction of sp³-hybridized carbons (Fsp3) is 0.0370. The molecule has 0 radical (unpaired) electrons. The lowest BCUT2D eigenvalue weighted by Gasteiger charge is -2.13. The van der Waals surface area contributed by atoms with Gasteiger partial charge in [-0.2, -0.15) is 5.26 Å². The van der Waals surface area contributed by atoms with Gasteiger partial charge in [0.15, 0.2) is 0 Å². The van der Waals surface area contributed by atoms with Gasteiger partial charge in [0.1, 0.15) is 29.8 Å². The highest BCUT2D eigenvalue weighted by Gasteiger charge is 2.14. The van der Waals surface area contributed by atoms with E-state index in [9.17, 15) is 14.4 Å². The fourth-order valence-electron chi connectivity index (χ4n) is 3.35. The number of carbonyl (C=O) groups is 1. The van der Waals surface area contributed by atoms with Crippen LogP contribution in [0.25, 0.3) is 16.8 Å². The van der Waals surface area contributed by atoms with E-state index in [4.69, 9.17) is 4.74 Å². The highest BCUT2D eigenvalue weighted by molar-refractivity contribution is 9.10. The van der Waals surface area contributed by atoms with E-state index in [0.717, 1.165) is 20.8 Å². The van der Waals surface area contributed by atoms with Crippen LogP contribution in [0.15, 0.2) is 95.0 Å². The molecule has 4 aromatic rings. The zero-order chi connectivity index (χ0) is 23.2. The number of nitrogens with one attached hydrogen (secondary N) is 1. The monoisotopic (exact) mass is 500 g/mol. The number of carbonyl (C=O) groups excluding carboxylic acids is 1. The molecule has 0 fully saturated rings.